The smallest absolute Gasteiger partial charge is 0.309 e. The van der Waals surface area contributed by atoms with Crippen molar-refractivity contribution in [2.45, 2.75) is 31.7 Å². The Morgan fingerprint density at radius 3 is 2.74 bits per heavy atom. The molecule has 164 valence electrons. The standard InChI is InChI=1S/C19H16ClF3N4O2S2/c1-4-5-27-17(29)14-9(2)10(3)31-16(14)26-18(27)30-8-13(28)25-15-12(20)6-11(7-24-15)19(21,22)23/h4,6-7H,1,5,8H2,2-3H3,(H,24,25,28). The highest BCUT2D eigenvalue weighted by Gasteiger charge is 2.31. The first kappa shape index (κ1) is 23.3. The number of pyridine rings is 1. The first-order valence-electron chi connectivity index (χ1n) is 8.79. The molecule has 0 saturated carbocycles. The maximum atomic E-state index is 12.9. The number of thiophene rings is 1. The monoisotopic (exact) mass is 488 g/mol. The number of amides is 1. The number of halogens is 4. The Morgan fingerprint density at radius 2 is 2.13 bits per heavy atom. The number of nitrogens with zero attached hydrogens (tertiary/aromatic N) is 3. The summed E-state index contributed by atoms with van der Waals surface area (Å²) >= 11 is 8.23. The van der Waals surface area contributed by atoms with Gasteiger partial charge in [-0.1, -0.05) is 29.4 Å². The molecule has 3 aromatic rings. The first-order valence-corrected chi connectivity index (χ1v) is 11.0. The van der Waals surface area contributed by atoms with Gasteiger partial charge in [0, 0.05) is 17.6 Å². The topological polar surface area (TPSA) is 76.9 Å². The van der Waals surface area contributed by atoms with E-state index in [1.165, 1.54) is 15.9 Å². The molecular weight excluding hydrogens is 473 g/mol. The van der Waals surface area contributed by atoms with Crippen molar-refractivity contribution in [2.24, 2.45) is 0 Å². The summed E-state index contributed by atoms with van der Waals surface area (Å²) in [7, 11) is 0. The zero-order valence-corrected chi connectivity index (χ0v) is 18.7. The van der Waals surface area contributed by atoms with Crippen molar-refractivity contribution in [2.75, 3.05) is 11.1 Å². The van der Waals surface area contributed by atoms with Gasteiger partial charge in [-0.25, -0.2) is 9.97 Å². The van der Waals surface area contributed by atoms with Crippen molar-refractivity contribution in [3.8, 4) is 0 Å². The second-order valence-corrected chi connectivity index (χ2v) is 9.00. The largest absolute Gasteiger partial charge is 0.417 e. The number of rotatable bonds is 6. The highest BCUT2D eigenvalue weighted by atomic mass is 35.5. The van der Waals surface area contributed by atoms with Crippen LogP contribution in [0.15, 0.2) is 34.9 Å². The van der Waals surface area contributed by atoms with E-state index in [4.69, 9.17) is 11.6 Å². The number of hydrogen-bond acceptors (Lipinski definition) is 6. The molecule has 6 nitrogen and oxygen atoms in total. The maximum absolute atomic E-state index is 12.9. The van der Waals surface area contributed by atoms with Gasteiger partial charge in [0.05, 0.1) is 21.7 Å². The van der Waals surface area contributed by atoms with E-state index >= 15 is 0 Å². The Kier molecular flexibility index (Phi) is 6.77. The highest BCUT2D eigenvalue weighted by molar-refractivity contribution is 7.99. The molecule has 0 radical (unpaired) electrons. The summed E-state index contributed by atoms with van der Waals surface area (Å²) in [6.45, 7) is 7.63. The molecule has 0 bridgehead atoms. The van der Waals surface area contributed by atoms with Crippen LogP contribution in [-0.4, -0.2) is 26.2 Å². The Bertz CT molecular complexity index is 1240. The van der Waals surface area contributed by atoms with Gasteiger partial charge in [-0.2, -0.15) is 13.2 Å². The van der Waals surface area contributed by atoms with Crippen LogP contribution in [0.2, 0.25) is 5.02 Å². The summed E-state index contributed by atoms with van der Waals surface area (Å²) in [5, 5.41) is 2.91. The second kappa shape index (κ2) is 9.01. The van der Waals surface area contributed by atoms with Crippen LogP contribution in [0.25, 0.3) is 10.2 Å². The van der Waals surface area contributed by atoms with E-state index < -0.39 is 17.6 Å². The van der Waals surface area contributed by atoms with Crippen LogP contribution in [0, 0.1) is 13.8 Å². The van der Waals surface area contributed by atoms with Crippen molar-refractivity contribution >= 4 is 56.6 Å². The van der Waals surface area contributed by atoms with Crippen molar-refractivity contribution in [1.29, 1.82) is 0 Å². The van der Waals surface area contributed by atoms with Gasteiger partial charge in [0.15, 0.2) is 11.0 Å². The Morgan fingerprint density at radius 1 is 1.42 bits per heavy atom. The maximum Gasteiger partial charge on any atom is 0.417 e. The predicted molar refractivity (Wildman–Crippen MR) is 117 cm³/mol. The van der Waals surface area contributed by atoms with Crippen LogP contribution in [0.4, 0.5) is 19.0 Å². The fraction of sp³-hybridized carbons (Fsp3) is 0.263. The minimum absolute atomic E-state index is 0.155. The average molecular weight is 489 g/mol. The number of carbonyl (C=O) groups is 1. The lowest BCUT2D eigenvalue weighted by molar-refractivity contribution is -0.137. The molecule has 3 rings (SSSR count). The molecular formula is C19H16ClF3N4O2S2. The molecule has 1 amide bonds. The number of allylic oxidation sites excluding steroid dienone is 1. The third-order valence-electron chi connectivity index (χ3n) is 4.32. The van der Waals surface area contributed by atoms with Gasteiger partial charge in [-0.3, -0.25) is 14.2 Å². The quantitative estimate of drug-likeness (QED) is 0.298. The number of nitrogens with one attached hydrogen (secondary N) is 1. The summed E-state index contributed by atoms with van der Waals surface area (Å²) in [6, 6.07) is 0.690. The van der Waals surface area contributed by atoms with Crippen LogP contribution in [-0.2, 0) is 17.5 Å². The number of alkyl halides is 3. The summed E-state index contributed by atoms with van der Waals surface area (Å²) in [4.78, 5) is 34.9. The van der Waals surface area contributed by atoms with Crippen LogP contribution in [0.3, 0.4) is 0 Å². The van der Waals surface area contributed by atoms with Gasteiger partial charge < -0.3 is 5.32 Å². The van der Waals surface area contributed by atoms with E-state index in [-0.39, 0.29) is 28.7 Å². The van der Waals surface area contributed by atoms with E-state index in [0.29, 0.717) is 27.6 Å². The van der Waals surface area contributed by atoms with Gasteiger partial charge in [0.25, 0.3) is 5.56 Å². The van der Waals surface area contributed by atoms with Crippen LogP contribution in [0.5, 0.6) is 0 Å². The molecule has 0 aliphatic carbocycles. The minimum Gasteiger partial charge on any atom is -0.309 e. The lowest BCUT2D eigenvalue weighted by Crippen LogP contribution is -2.24. The third kappa shape index (κ3) is 4.94. The number of thioether (sulfide) groups is 1. The fourth-order valence-corrected chi connectivity index (χ4v) is 4.78. The van der Waals surface area contributed by atoms with Gasteiger partial charge in [0.1, 0.15) is 4.83 Å². The predicted octanol–water partition coefficient (Wildman–Crippen LogP) is 5.06. The van der Waals surface area contributed by atoms with E-state index in [2.05, 4.69) is 21.9 Å². The zero-order chi connectivity index (χ0) is 22.9. The lowest BCUT2D eigenvalue weighted by atomic mass is 10.2. The van der Waals surface area contributed by atoms with Gasteiger partial charge in [0.2, 0.25) is 5.91 Å². The Balaban J connectivity index is 1.81. The van der Waals surface area contributed by atoms with Gasteiger partial charge >= 0.3 is 6.18 Å². The van der Waals surface area contributed by atoms with Crippen LogP contribution in [0.1, 0.15) is 16.0 Å². The fourth-order valence-electron chi connectivity index (χ4n) is 2.69. The van der Waals surface area contributed by atoms with Crippen LogP contribution < -0.4 is 10.9 Å². The summed E-state index contributed by atoms with van der Waals surface area (Å²) in [6.07, 6.45) is -2.44. The number of anilines is 1. The average Bonchev–Trinajstić information content (AvgIpc) is 2.97. The molecule has 31 heavy (non-hydrogen) atoms. The van der Waals surface area contributed by atoms with Gasteiger partial charge in [-0.15, -0.1) is 17.9 Å². The number of fused-ring (bicyclic) bond motifs is 1. The molecule has 0 saturated heterocycles. The number of hydrogen-bond donors (Lipinski definition) is 1. The van der Waals surface area contributed by atoms with Crippen molar-refractivity contribution in [3.63, 3.8) is 0 Å². The molecule has 1 N–H and O–H groups in total. The summed E-state index contributed by atoms with van der Waals surface area (Å²) in [5.74, 6) is -0.897. The molecule has 12 heteroatoms. The molecule has 0 spiro atoms. The second-order valence-electron chi connectivity index (χ2n) is 6.45. The molecule has 3 aromatic heterocycles. The molecule has 0 atom stereocenters. The molecule has 0 aliphatic rings. The number of carbonyl (C=O) groups excluding carboxylic acids is 1. The third-order valence-corrected chi connectivity index (χ3v) is 6.69. The highest BCUT2D eigenvalue weighted by Crippen LogP contribution is 2.32. The Hall–Kier alpha value is -2.37. The molecule has 0 fully saturated rings. The molecule has 0 unspecified atom stereocenters. The normalized spacial score (nSPS) is 11.7. The minimum atomic E-state index is -4.59. The SMILES string of the molecule is C=CCn1c(SCC(=O)Nc2ncc(C(F)(F)F)cc2Cl)nc2sc(C)c(C)c2c1=O. The lowest BCUT2D eigenvalue weighted by Gasteiger charge is -2.11. The molecule has 0 aliphatic heterocycles. The molecule has 3 heterocycles. The van der Waals surface area contributed by atoms with E-state index in [0.717, 1.165) is 22.2 Å². The number of aromatic nitrogens is 3. The number of aryl methyl sites for hydroxylation is 2. The first-order chi connectivity index (χ1) is 14.5. The van der Waals surface area contributed by atoms with E-state index in [1.54, 1.807) is 6.08 Å². The molecule has 0 aromatic carbocycles. The van der Waals surface area contributed by atoms with Crippen molar-refractivity contribution < 1.29 is 18.0 Å². The van der Waals surface area contributed by atoms with Crippen LogP contribution >= 0.6 is 34.7 Å². The van der Waals surface area contributed by atoms with E-state index in [1.807, 2.05) is 13.8 Å². The van der Waals surface area contributed by atoms with Gasteiger partial charge in [-0.05, 0) is 25.5 Å². The Labute approximate surface area is 188 Å². The van der Waals surface area contributed by atoms with E-state index in [9.17, 15) is 22.8 Å². The summed E-state index contributed by atoms with van der Waals surface area (Å²) < 4.78 is 39.6. The van der Waals surface area contributed by atoms with Crippen molar-refractivity contribution in [3.05, 3.63) is 56.3 Å². The summed E-state index contributed by atoms with van der Waals surface area (Å²) in [5.41, 5.74) is -0.368. The zero-order valence-electron chi connectivity index (χ0n) is 16.3. The van der Waals surface area contributed by atoms with Crippen molar-refractivity contribution in [1.82, 2.24) is 14.5 Å².